The van der Waals surface area contributed by atoms with Crippen molar-refractivity contribution in [3.8, 4) is 5.75 Å². The van der Waals surface area contributed by atoms with Crippen LogP contribution in [-0.2, 0) is 0 Å². The summed E-state index contributed by atoms with van der Waals surface area (Å²) in [5.74, 6) is 2.02. The Morgan fingerprint density at radius 3 is 2.67 bits per heavy atom. The van der Waals surface area contributed by atoms with Gasteiger partial charge in [0.1, 0.15) is 5.75 Å². The summed E-state index contributed by atoms with van der Waals surface area (Å²) in [7, 11) is 0. The molecule has 0 aromatic heterocycles. The lowest BCUT2D eigenvalue weighted by Gasteiger charge is -2.31. The van der Waals surface area contributed by atoms with E-state index in [9.17, 15) is 8.78 Å². The Morgan fingerprint density at radius 2 is 1.95 bits per heavy atom. The average molecular weight is 295 g/mol. The van der Waals surface area contributed by atoms with Gasteiger partial charge in [-0.15, -0.1) is 0 Å². The monoisotopic (exact) mass is 295 g/mol. The molecule has 1 fully saturated rings. The highest BCUT2D eigenvalue weighted by Gasteiger charge is 2.32. The third kappa shape index (κ3) is 3.14. The zero-order valence-corrected chi connectivity index (χ0v) is 12.4. The third-order valence-electron chi connectivity index (χ3n) is 5.19. The standard InChI is InChI=1S/C17H23F2NO/c1-11(12-5-3-2-4-6-12)15-10-20-16-8-7-13(9-14(15)16)21-17(18)19/h7-9,11-12,15,17,20H,2-6,10H2,1H3. The van der Waals surface area contributed by atoms with Gasteiger partial charge in [-0.05, 0) is 35.6 Å². The maximum Gasteiger partial charge on any atom is 0.387 e. The zero-order valence-electron chi connectivity index (χ0n) is 12.4. The van der Waals surface area contributed by atoms with E-state index in [4.69, 9.17) is 0 Å². The van der Waals surface area contributed by atoms with Crippen LogP contribution < -0.4 is 10.1 Å². The number of benzene rings is 1. The van der Waals surface area contributed by atoms with Crippen LogP contribution in [-0.4, -0.2) is 13.2 Å². The molecule has 2 unspecified atom stereocenters. The fourth-order valence-electron chi connectivity index (χ4n) is 3.97. The van der Waals surface area contributed by atoms with Crippen LogP contribution in [0.15, 0.2) is 18.2 Å². The molecular weight excluding hydrogens is 272 g/mol. The Labute approximate surface area is 124 Å². The molecule has 3 rings (SSSR count). The second-order valence-corrected chi connectivity index (χ2v) is 6.37. The molecule has 0 amide bonds. The lowest BCUT2D eigenvalue weighted by atomic mass is 9.73. The molecule has 4 heteroatoms. The second-order valence-electron chi connectivity index (χ2n) is 6.37. The van der Waals surface area contributed by atoms with Crippen LogP contribution in [0, 0.1) is 11.8 Å². The zero-order chi connectivity index (χ0) is 14.8. The smallest absolute Gasteiger partial charge is 0.387 e. The van der Waals surface area contributed by atoms with Gasteiger partial charge in [0.25, 0.3) is 0 Å². The quantitative estimate of drug-likeness (QED) is 0.842. The van der Waals surface area contributed by atoms with Crippen molar-refractivity contribution in [1.29, 1.82) is 0 Å². The van der Waals surface area contributed by atoms with Crippen LogP contribution in [0.2, 0.25) is 0 Å². The summed E-state index contributed by atoms with van der Waals surface area (Å²) >= 11 is 0. The number of hydrogen-bond acceptors (Lipinski definition) is 2. The number of alkyl halides is 2. The molecule has 1 aromatic rings. The van der Waals surface area contributed by atoms with Crippen molar-refractivity contribution >= 4 is 5.69 Å². The predicted molar refractivity (Wildman–Crippen MR) is 80.0 cm³/mol. The molecule has 21 heavy (non-hydrogen) atoms. The molecule has 0 saturated heterocycles. The molecule has 116 valence electrons. The first-order valence-electron chi connectivity index (χ1n) is 7.98. The van der Waals surface area contributed by atoms with Gasteiger partial charge in [-0.3, -0.25) is 0 Å². The van der Waals surface area contributed by atoms with Crippen molar-refractivity contribution in [3.63, 3.8) is 0 Å². The van der Waals surface area contributed by atoms with Gasteiger partial charge in [-0.1, -0.05) is 39.0 Å². The second kappa shape index (κ2) is 6.20. The topological polar surface area (TPSA) is 21.3 Å². The van der Waals surface area contributed by atoms with E-state index in [0.29, 0.717) is 11.8 Å². The number of halogens is 2. The Bertz CT molecular complexity index is 486. The third-order valence-corrected chi connectivity index (χ3v) is 5.19. The molecule has 0 bridgehead atoms. The SMILES string of the molecule is CC(C1CCCCC1)C1CNc2ccc(OC(F)F)cc21. The van der Waals surface area contributed by atoms with Gasteiger partial charge in [-0.2, -0.15) is 8.78 Å². The van der Waals surface area contributed by atoms with E-state index in [-0.39, 0.29) is 5.75 Å². The van der Waals surface area contributed by atoms with Crippen LogP contribution >= 0.6 is 0 Å². The van der Waals surface area contributed by atoms with Gasteiger partial charge in [-0.25, -0.2) is 0 Å². The van der Waals surface area contributed by atoms with E-state index in [1.807, 2.05) is 6.07 Å². The molecule has 2 atom stereocenters. The molecule has 0 radical (unpaired) electrons. The minimum Gasteiger partial charge on any atom is -0.435 e. The number of fused-ring (bicyclic) bond motifs is 1. The van der Waals surface area contributed by atoms with Crippen LogP contribution in [0.4, 0.5) is 14.5 Å². The maximum atomic E-state index is 12.4. The van der Waals surface area contributed by atoms with Gasteiger partial charge >= 0.3 is 6.61 Å². The summed E-state index contributed by atoms with van der Waals surface area (Å²) in [4.78, 5) is 0. The van der Waals surface area contributed by atoms with Crippen molar-refractivity contribution in [2.45, 2.75) is 51.6 Å². The highest BCUT2D eigenvalue weighted by molar-refractivity contribution is 5.60. The largest absolute Gasteiger partial charge is 0.435 e. The van der Waals surface area contributed by atoms with Crippen LogP contribution in [0.25, 0.3) is 0 Å². The summed E-state index contributed by atoms with van der Waals surface area (Å²) in [5, 5.41) is 3.41. The molecule has 2 aliphatic rings. The molecule has 1 N–H and O–H groups in total. The molecule has 0 spiro atoms. The Morgan fingerprint density at radius 1 is 1.19 bits per heavy atom. The molecular formula is C17H23F2NO. The first-order valence-corrected chi connectivity index (χ1v) is 7.98. The van der Waals surface area contributed by atoms with E-state index in [0.717, 1.165) is 23.7 Å². The first-order chi connectivity index (χ1) is 10.1. The van der Waals surface area contributed by atoms with Gasteiger partial charge in [0.2, 0.25) is 0 Å². The highest BCUT2D eigenvalue weighted by Crippen LogP contribution is 2.44. The van der Waals surface area contributed by atoms with Crippen molar-refractivity contribution in [1.82, 2.24) is 0 Å². The Hall–Kier alpha value is -1.32. The lowest BCUT2D eigenvalue weighted by molar-refractivity contribution is -0.0498. The summed E-state index contributed by atoms with van der Waals surface area (Å²) < 4.78 is 29.3. The van der Waals surface area contributed by atoms with Gasteiger partial charge < -0.3 is 10.1 Å². The van der Waals surface area contributed by atoms with E-state index in [1.54, 1.807) is 12.1 Å². The minimum atomic E-state index is -2.76. The molecule has 1 aromatic carbocycles. The van der Waals surface area contributed by atoms with Crippen molar-refractivity contribution in [2.24, 2.45) is 11.8 Å². The van der Waals surface area contributed by atoms with E-state index >= 15 is 0 Å². The molecule has 1 aliphatic heterocycles. The number of hydrogen-bond donors (Lipinski definition) is 1. The Kier molecular flexibility index (Phi) is 4.32. The van der Waals surface area contributed by atoms with Crippen LogP contribution in [0.1, 0.15) is 50.5 Å². The van der Waals surface area contributed by atoms with Crippen molar-refractivity contribution in [2.75, 3.05) is 11.9 Å². The van der Waals surface area contributed by atoms with Crippen molar-refractivity contribution < 1.29 is 13.5 Å². The average Bonchev–Trinajstić information content (AvgIpc) is 2.90. The molecule has 1 saturated carbocycles. The predicted octanol–water partition coefficient (Wildman–Crippen LogP) is 5.01. The number of rotatable bonds is 4. The number of ether oxygens (including phenoxy) is 1. The van der Waals surface area contributed by atoms with E-state index < -0.39 is 6.61 Å². The van der Waals surface area contributed by atoms with Gasteiger partial charge in [0, 0.05) is 18.2 Å². The summed E-state index contributed by atoms with van der Waals surface area (Å²) in [5.41, 5.74) is 2.22. The maximum absolute atomic E-state index is 12.4. The molecule has 2 nitrogen and oxygen atoms in total. The lowest BCUT2D eigenvalue weighted by Crippen LogP contribution is -2.23. The van der Waals surface area contributed by atoms with E-state index in [2.05, 4.69) is 17.0 Å². The minimum absolute atomic E-state index is 0.272. The number of anilines is 1. The highest BCUT2D eigenvalue weighted by atomic mass is 19.3. The molecule has 1 heterocycles. The van der Waals surface area contributed by atoms with Gasteiger partial charge in [0.15, 0.2) is 0 Å². The summed E-state index contributed by atoms with van der Waals surface area (Å²) in [6, 6.07) is 5.28. The summed E-state index contributed by atoms with van der Waals surface area (Å²) in [6.07, 6.45) is 6.63. The fraction of sp³-hybridized carbons (Fsp3) is 0.647. The fourth-order valence-corrected chi connectivity index (χ4v) is 3.97. The van der Waals surface area contributed by atoms with E-state index in [1.165, 1.54) is 32.1 Å². The molecule has 1 aliphatic carbocycles. The number of nitrogens with one attached hydrogen (secondary N) is 1. The summed E-state index contributed by atoms with van der Waals surface area (Å²) in [6.45, 7) is 0.468. The van der Waals surface area contributed by atoms with Crippen LogP contribution in [0.3, 0.4) is 0 Å². The Balaban J connectivity index is 1.77. The van der Waals surface area contributed by atoms with Gasteiger partial charge in [0.05, 0.1) is 0 Å². The first kappa shape index (κ1) is 14.6. The van der Waals surface area contributed by atoms with Crippen molar-refractivity contribution in [3.05, 3.63) is 23.8 Å². The normalized spacial score (nSPS) is 23.7. The van der Waals surface area contributed by atoms with Crippen LogP contribution in [0.5, 0.6) is 5.75 Å².